The summed E-state index contributed by atoms with van der Waals surface area (Å²) in [7, 11) is 0. The third-order valence-electron chi connectivity index (χ3n) is 2.26. The summed E-state index contributed by atoms with van der Waals surface area (Å²) < 4.78 is 1.87. The van der Waals surface area contributed by atoms with Crippen molar-refractivity contribution < 1.29 is 0 Å². The smallest absolute Gasteiger partial charge is 0.143 e. The number of halogens is 2. The molecule has 0 saturated heterocycles. The summed E-state index contributed by atoms with van der Waals surface area (Å²) in [6.45, 7) is 3.94. The predicted octanol–water partition coefficient (Wildman–Crippen LogP) is 4.06. The zero-order chi connectivity index (χ0) is 12.6. The van der Waals surface area contributed by atoms with Gasteiger partial charge in [0.05, 0.1) is 5.69 Å². The molecule has 0 saturated carbocycles. The van der Waals surface area contributed by atoms with Crippen LogP contribution < -0.4 is 5.73 Å². The molecule has 90 valence electrons. The van der Waals surface area contributed by atoms with Crippen molar-refractivity contribution in [3.8, 4) is 10.7 Å². The molecule has 0 amide bonds. The number of aryl methyl sites for hydroxylation is 1. The molecule has 2 rings (SSSR count). The van der Waals surface area contributed by atoms with Crippen molar-refractivity contribution in [2.45, 2.75) is 19.9 Å². The van der Waals surface area contributed by atoms with Gasteiger partial charge in [0.15, 0.2) is 0 Å². The van der Waals surface area contributed by atoms with Gasteiger partial charge in [-0.1, -0.05) is 0 Å². The van der Waals surface area contributed by atoms with E-state index in [9.17, 15) is 0 Å². The Hall–Kier alpha value is -0.300. The van der Waals surface area contributed by atoms with Gasteiger partial charge in [-0.15, -0.1) is 11.3 Å². The van der Waals surface area contributed by atoms with E-state index in [4.69, 9.17) is 5.73 Å². The molecule has 6 heteroatoms. The van der Waals surface area contributed by atoms with Gasteiger partial charge >= 0.3 is 0 Å². The van der Waals surface area contributed by atoms with E-state index in [-0.39, 0.29) is 6.04 Å². The monoisotopic (exact) mass is 375 g/mol. The molecule has 0 aliphatic heterocycles. The van der Waals surface area contributed by atoms with Gasteiger partial charge in [0.25, 0.3) is 0 Å². The number of hydrogen-bond donors (Lipinski definition) is 1. The first-order valence-electron chi connectivity index (χ1n) is 5.03. The van der Waals surface area contributed by atoms with Gasteiger partial charge in [0, 0.05) is 26.1 Å². The van der Waals surface area contributed by atoms with Crippen molar-refractivity contribution in [2.24, 2.45) is 5.73 Å². The molecule has 0 aromatic carbocycles. The van der Waals surface area contributed by atoms with Crippen molar-refractivity contribution >= 4 is 43.2 Å². The van der Waals surface area contributed by atoms with Crippen molar-refractivity contribution in [3.63, 3.8) is 0 Å². The molecule has 2 aromatic heterocycles. The molecular formula is C11H11Br2N3S. The predicted molar refractivity (Wildman–Crippen MR) is 78.1 cm³/mol. The Balaban J connectivity index is 2.50. The highest BCUT2D eigenvalue weighted by Gasteiger charge is 2.15. The number of rotatable bonds is 2. The van der Waals surface area contributed by atoms with E-state index in [1.165, 1.54) is 0 Å². The van der Waals surface area contributed by atoms with E-state index in [1.807, 2.05) is 19.9 Å². The highest BCUT2D eigenvalue weighted by Crippen LogP contribution is 2.34. The highest BCUT2D eigenvalue weighted by atomic mass is 79.9. The molecule has 3 nitrogen and oxygen atoms in total. The van der Waals surface area contributed by atoms with Crippen LogP contribution >= 0.6 is 43.2 Å². The SMILES string of the molecule is Cc1nc(-c2ncc(Br)cc2Br)sc1C(C)N. The fourth-order valence-corrected chi connectivity index (χ4v) is 3.84. The lowest BCUT2D eigenvalue weighted by atomic mass is 10.2. The molecule has 2 aromatic rings. The molecule has 0 aliphatic carbocycles. The van der Waals surface area contributed by atoms with E-state index < -0.39 is 0 Å². The summed E-state index contributed by atoms with van der Waals surface area (Å²) in [4.78, 5) is 10.0. The minimum absolute atomic E-state index is 0.00970. The Morgan fingerprint density at radius 2 is 2.12 bits per heavy atom. The minimum Gasteiger partial charge on any atom is -0.323 e. The Kier molecular flexibility index (Phi) is 3.97. The van der Waals surface area contributed by atoms with Gasteiger partial charge in [-0.25, -0.2) is 4.98 Å². The standard InChI is InChI=1S/C11H11Br2N3S/c1-5(14)10-6(2)16-11(17-10)9-8(13)3-7(12)4-15-9/h3-5H,14H2,1-2H3. The normalized spacial score (nSPS) is 12.8. The van der Waals surface area contributed by atoms with Gasteiger partial charge in [-0.05, 0) is 51.8 Å². The average molecular weight is 377 g/mol. The number of aromatic nitrogens is 2. The first kappa shape index (κ1) is 13.1. The summed E-state index contributed by atoms with van der Waals surface area (Å²) in [5.74, 6) is 0. The first-order chi connectivity index (χ1) is 7.99. The second-order valence-electron chi connectivity index (χ2n) is 3.74. The summed E-state index contributed by atoms with van der Waals surface area (Å²) in [5.41, 5.74) is 7.74. The van der Waals surface area contributed by atoms with E-state index in [2.05, 4.69) is 41.8 Å². The quantitative estimate of drug-likeness (QED) is 0.859. The maximum Gasteiger partial charge on any atom is 0.143 e. The summed E-state index contributed by atoms with van der Waals surface area (Å²) in [5, 5.41) is 0.897. The molecular weight excluding hydrogens is 366 g/mol. The highest BCUT2D eigenvalue weighted by molar-refractivity contribution is 9.11. The topological polar surface area (TPSA) is 51.8 Å². The van der Waals surface area contributed by atoms with Crippen molar-refractivity contribution in [1.82, 2.24) is 9.97 Å². The first-order valence-corrected chi connectivity index (χ1v) is 7.43. The number of hydrogen-bond acceptors (Lipinski definition) is 4. The lowest BCUT2D eigenvalue weighted by Gasteiger charge is -2.00. The van der Waals surface area contributed by atoms with Crippen LogP contribution in [0.15, 0.2) is 21.2 Å². The maximum atomic E-state index is 5.90. The van der Waals surface area contributed by atoms with Crippen LogP contribution in [0.1, 0.15) is 23.5 Å². The Morgan fingerprint density at radius 1 is 1.41 bits per heavy atom. The molecule has 0 fully saturated rings. The molecule has 2 heterocycles. The number of nitrogens with two attached hydrogens (primary N) is 1. The van der Waals surface area contributed by atoms with Gasteiger partial charge in [-0.3, -0.25) is 4.98 Å². The summed E-state index contributed by atoms with van der Waals surface area (Å²) in [6, 6.07) is 1.97. The Bertz CT molecular complexity index is 552. The van der Waals surface area contributed by atoms with Gasteiger partial charge in [-0.2, -0.15) is 0 Å². The van der Waals surface area contributed by atoms with Gasteiger partial charge < -0.3 is 5.73 Å². The third kappa shape index (κ3) is 2.76. The van der Waals surface area contributed by atoms with Crippen LogP contribution in [0.25, 0.3) is 10.7 Å². The molecule has 0 spiro atoms. The van der Waals surface area contributed by atoms with Crippen LogP contribution in [0.5, 0.6) is 0 Å². The molecule has 0 bridgehead atoms. The zero-order valence-electron chi connectivity index (χ0n) is 9.37. The van der Waals surface area contributed by atoms with Crippen LogP contribution in [0.2, 0.25) is 0 Å². The number of pyridine rings is 1. The zero-order valence-corrected chi connectivity index (χ0v) is 13.4. The van der Waals surface area contributed by atoms with E-state index in [0.29, 0.717) is 0 Å². The molecule has 1 unspecified atom stereocenters. The largest absolute Gasteiger partial charge is 0.323 e. The van der Waals surface area contributed by atoms with Gasteiger partial charge in [0.1, 0.15) is 10.7 Å². The second-order valence-corrected chi connectivity index (χ2v) is 6.54. The van der Waals surface area contributed by atoms with Crippen molar-refractivity contribution in [1.29, 1.82) is 0 Å². The molecule has 0 radical (unpaired) electrons. The summed E-state index contributed by atoms with van der Waals surface area (Å²) in [6.07, 6.45) is 1.77. The van der Waals surface area contributed by atoms with Crippen molar-refractivity contribution in [3.05, 3.63) is 31.8 Å². The maximum absolute atomic E-state index is 5.90. The van der Waals surface area contributed by atoms with E-state index >= 15 is 0 Å². The van der Waals surface area contributed by atoms with E-state index in [0.717, 1.165) is 30.2 Å². The lowest BCUT2D eigenvalue weighted by molar-refractivity contribution is 0.825. The number of thiazole rings is 1. The van der Waals surface area contributed by atoms with Crippen LogP contribution in [0, 0.1) is 6.92 Å². The molecule has 2 N–H and O–H groups in total. The van der Waals surface area contributed by atoms with Crippen LogP contribution in [-0.2, 0) is 0 Å². The van der Waals surface area contributed by atoms with Crippen LogP contribution in [-0.4, -0.2) is 9.97 Å². The molecule has 0 aliphatic rings. The van der Waals surface area contributed by atoms with Crippen LogP contribution in [0.3, 0.4) is 0 Å². The Labute approximate surface area is 121 Å². The fraction of sp³-hybridized carbons (Fsp3) is 0.273. The number of nitrogens with zero attached hydrogens (tertiary/aromatic N) is 2. The fourth-order valence-electron chi connectivity index (χ4n) is 1.50. The Morgan fingerprint density at radius 3 is 2.65 bits per heavy atom. The lowest BCUT2D eigenvalue weighted by Crippen LogP contribution is -2.03. The van der Waals surface area contributed by atoms with E-state index in [1.54, 1.807) is 17.5 Å². The third-order valence-corrected chi connectivity index (χ3v) is 4.66. The van der Waals surface area contributed by atoms with Crippen molar-refractivity contribution in [2.75, 3.05) is 0 Å². The average Bonchev–Trinajstić information content (AvgIpc) is 2.60. The molecule has 1 atom stereocenters. The second kappa shape index (κ2) is 5.14. The van der Waals surface area contributed by atoms with Gasteiger partial charge in [0.2, 0.25) is 0 Å². The molecule has 17 heavy (non-hydrogen) atoms. The van der Waals surface area contributed by atoms with Crippen LogP contribution in [0.4, 0.5) is 0 Å². The summed E-state index contributed by atoms with van der Waals surface area (Å²) >= 11 is 8.48. The minimum atomic E-state index is 0.00970.